The molecule has 0 atom stereocenters. The fourth-order valence-corrected chi connectivity index (χ4v) is 2.61. The van der Waals surface area contributed by atoms with Gasteiger partial charge in [0, 0.05) is 38.8 Å². The van der Waals surface area contributed by atoms with Crippen LogP contribution in [-0.4, -0.2) is 49.9 Å². The Bertz CT molecular complexity index is 490. The minimum Gasteiger partial charge on any atom is -0.373 e. The van der Waals surface area contributed by atoms with Crippen LogP contribution >= 0.6 is 0 Å². The van der Waals surface area contributed by atoms with E-state index >= 15 is 0 Å². The van der Waals surface area contributed by atoms with Crippen LogP contribution in [0.5, 0.6) is 0 Å². The van der Waals surface area contributed by atoms with Gasteiger partial charge in [-0.2, -0.15) is 0 Å². The normalized spacial score (nSPS) is 15.3. The molecule has 5 heteroatoms. The van der Waals surface area contributed by atoms with Gasteiger partial charge in [-0.15, -0.1) is 0 Å². The number of likely N-dealkylation sites (tertiary alicyclic amines) is 1. The Kier molecular flexibility index (Phi) is 6.25. The van der Waals surface area contributed by atoms with Gasteiger partial charge >= 0.3 is 0 Å². The molecule has 2 rings (SSSR count). The summed E-state index contributed by atoms with van der Waals surface area (Å²) in [6.07, 6.45) is 3.59. The van der Waals surface area contributed by atoms with Crippen LogP contribution in [0.1, 0.15) is 25.7 Å². The molecule has 0 saturated carbocycles. The molecule has 0 bridgehead atoms. The third-order valence-electron chi connectivity index (χ3n) is 3.97. The Labute approximate surface area is 132 Å². The lowest BCUT2D eigenvalue weighted by Crippen LogP contribution is -2.42. The highest BCUT2D eigenvalue weighted by Crippen LogP contribution is 2.11. The van der Waals surface area contributed by atoms with Gasteiger partial charge in [0.25, 0.3) is 0 Å². The monoisotopic (exact) mass is 303 g/mol. The summed E-state index contributed by atoms with van der Waals surface area (Å²) in [4.78, 5) is 27.6. The molecule has 2 amide bonds. The number of likely N-dealkylation sites (N-methyl/N-ethyl adjacent to an activating group) is 1. The number of benzene rings is 1. The van der Waals surface area contributed by atoms with E-state index in [2.05, 4.69) is 10.2 Å². The summed E-state index contributed by atoms with van der Waals surface area (Å²) >= 11 is 0. The van der Waals surface area contributed by atoms with Gasteiger partial charge in [-0.3, -0.25) is 9.59 Å². The smallest absolute Gasteiger partial charge is 0.239 e. The average Bonchev–Trinajstić information content (AvgIpc) is 2.73. The molecule has 0 aliphatic carbocycles. The number of para-hydroxylation sites is 1. The molecular formula is C17H25N3O2. The largest absolute Gasteiger partial charge is 0.373 e. The van der Waals surface area contributed by atoms with Crippen LogP contribution in [0.2, 0.25) is 0 Å². The molecule has 0 spiro atoms. The van der Waals surface area contributed by atoms with Crippen LogP contribution < -0.4 is 10.2 Å². The number of amides is 2. The molecule has 1 aromatic rings. The van der Waals surface area contributed by atoms with Crippen molar-refractivity contribution in [2.24, 2.45) is 0 Å². The number of nitrogens with zero attached hydrogens (tertiary/aromatic N) is 2. The highest BCUT2D eigenvalue weighted by molar-refractivity contribution is 5.84. The number of hydrogen-bond acceptors (Lipinski definition) is 3. The third-order valence-corrected chi connectivity index (χ3v) is 3.97. The van der Waals surface area contributed by atoms with Crippen LogP contribution in [0, 0.1) is 0 Å². The topological polar surface area (TPSA) is 52.7 Å². The van der Waals surface area contributed by atoms with E-state index in [9.17, 15) is 9.59 Å². The van der Waals surface area contributed by atoms with E-state index in [4.69, 9.17) is 0 Å². The lowest BCUT2D eigenvalue weighted by Gasteiger charge is -2.21. The first-order valence-corrected chi connectivity index (χ1v) is 7.97. The van der Waals surface area contributed by atoms with Gasteiger partial charge in [0.1, 0.15) is 0 Å². The number of rotatable bonds is 6. The first-order valence-electron chi connectivity index (χ1n) is 7.97. The highest BCUT2D eigenvalue weighted by atomic mass is 16.2. The predicted octanol–water partition coefficient (Wildman–Crippen LogP) is 1.64. The quantitative estimate of drug-likeness (QED) is 0.869. The van der Waals surface area contributed by atoms with Crippen LogP contribution in [0.4, 0.5) is 5.69 Å². The van der Waals surface area contributed by atoms with E-state index < -0.39 is 0 Å². The molecule has 1 aliphatic rings. The van der Waals surface area contributed by atoms with E-state index in [1.165, 1.54) is 0 Å². The van der Waals surface area contributed by atoms with E-state index in [0.29, 0.717) is 19.5 Å². The summed E-state index contributed by atoms with van der Waals surface area (Å²) in [6, 6.07) is 10.1. The second kappa shape index (κ2) is 8.41. The molecule has 1 N–H and O–H groups in total. The zero-order valence-corrected chi connectivity index (χ0v) is 13.3. The van der Waals surface area contributed by atoms with E-state index in [1.54, 1.807) is 4.90 Å². The molecule has 0 aromatic heterocycles. The van der Waals surface area contributed by atoms with Gasteiger partial charge in [0.05, 0.1) is 6.54 Å². The average molecular weight is 303 g/mol. The first-order chi connectivity index (χ1) is 10.7. The van der Waals surface area contributed by atoms with Crippen molar-refractivity contribution < 1.29 is 9.59 Å². The molecule has 0 unspecified atom stereocenters. The predicted molar refractivity (Wildman–Crippen MR) is 87.8 cm³/mol. The van der Waals surface area contributed by atoms with Crippen molar-refractivity contribution in [1.29, 1.82) is 0 Å². The van der Waals surface area contributed by atoms with Gasteiger partial charge in [0.15, 0.2) is 0 Å². The number of carbonyl (C=O) groups excluding carboxylic acids is 2. The molecule has 22 heavy (non-hydrogen) atoms. The molecule has 1 aliphatic heterocycles. The standard InChI is InChI=1S/C17H25N3O2/c1-19(15-8-4-2-5-9-15)13-11-18-16(21)14-20-12-7-3-6-10-17(20)22/h2,4-5,8-9H,3,6-7,10-14H2,1H3,(H,18,21). The number of hydrogen-bond donors (Lipinski definition) is 1. The lowest BCUT2D eigenvalue weighted by molar-refractivity contribution is -0.135. The van der Waals surface area contributed by atoms with Crippen LogP contribution in [0.3, 0.4) is 0 Å². The van der Waals surface area contributed by atoms with Gasteiger partial charge in [0.2, 0.25) is 11.8 Å². The van der Waals surface area contributed by atoms with Crippen molar-refractivity contribution in [3.05, 3.63) is 30.3 Å². The summed E-state index contributed by atoms with van der Waals surface area (Å²) in [5.74, 6) is 0.0331. The zero-order chi connectivity index (χ0) is 15.8. The van der Waals surface area contributed by atoms with Gasteiger partial charge in [-0.05, 0) is 25.0 Å². The summed E-state index contributed by atoms with van der Waals surface area (Å²) in [5.41, 5.74) is 1.12. The molecular weight excluding hydrogens is 278 g/mol. The fraction of sp³-hybridized carbons (Fsp3) is 0.529. The van der Waals surface area contributed by atoms with Gasteiger partial charge in [-0.1, -0.05) is 24.6 Å². The highest BCUT2D eigenvalue weighted by Gasteiger charge is 2.18. The van der Waals surface area contributed by atoms with Crippen LogP contribution in [0.15, 0.2) is 30.3 Å². The Balaban J connectivity index is 1.70. The summed E-state index contributed by atoms with van der Waals surface area (Å²) < 4.78 is 0. The van der Waals surface area contributed by atoms with Crippen molar-refractivity contribution in [3.63, 3.8) is 0 Å². The van der Waals surface area contributed by atoms with Crippen molar-refractivity contribution in [2.75, 3.05) is 38.1 Å². The van der Waals surface area contributed by atoms with Crippen molar-refractivity contribution in [1.82, 2.24) is 10.2 Å². The van der Waals surface area contributed by atoms with Crippen molar-refractivity contribution >= 4 is 17.5 Å². The molecule has 0 radical (unpaired) electrons. The Morgan fingerprint density at radius 2 is 2.00 bits per heavy atom. The number of nitrogens with one attached hydrogen (secondary N) is 1. The summed E-state index contributed by atoms with van der Waals surface area (Å²) in [5, 5.41) is 2.90. The van der Waals surface area contributed by atoms with Gasteiger partial charge < -0.3 is 15.1 Å². The third kappa shape index (κ3) is 5.06. The first kappa shape index (κ1) is 16.3. The molecule has 1 fully saturated rings. The van der Waals surface area contributed by atoms with Crippen molar-refractivity contribution in [2.45, 2.75) is 25.7 Å². The van der Waals surface area contributed by atoms with E-state index in [-0.39, 0.29) is 18.4 Å². The number of carbonyl (C=O) groups is 2. The van der Waals surface area contributed by atoms with Crippen LogP contribution in [-0.2, 0) is 9.59 Å². The molecule has 5 nitrogen and oxygen atoms in total. The lowest BCUT2D eigenvalue weighted by atomic mass is 10.2. The minimum absolute atomic E-state index is 0.0725. The van der Waals surface area contributed by atoms with E-state index in [0.717, 1.165) is 31.5 Å². The second-order valence-electron chi connectivity index (χ2n) is 5.73. The van der Waals surface area contributed by atoms with E-state index in [1.807, 2.05) is 37.4 Å². The number of anilines is 1. The Morgan fingerprint density at radius 3 is 2.77 bits per heavy atom. The SMILES string of the molecule is CN(CCNC(=O)CN1CCCCCC1=O)c1ccccc1. The minimum atomic E-state index is -0.0725. The second-order valence-corrected chi connectivity index (χ2v) is 5.73. The summed E-state index contributed by atoms with van der Waals surface area (Å²) in [7, 11) is 2.00. The molecule has 1 aromatic carbocycles. The maximum absolute atomic E-state index is 12.0. The zero-order valence-electron chi connectivity index (χ0n) is 13.3. The fourth-order valence-electron chi connectivity index (χ4n) is 2.61. The Morgan fingerprint density at radius 1 is 1.23 bits per heavy atom. The van der Waals surface area contributed by atoms with Crippen LogP contribution in [0.25, 0.3) is 0 Å². The van der Waals surface area contributed by atoms with Gasteiger partial charge in [-0.25, -0.2) is 0 Å². The molecule has 1 saturated heterocycles. The maximum Gasteiger partial charge on any atom is 0.239 e. The van der Waals surface area contributed by atoms with Crippen molar-refractivity contribution in [3.8, 4) is 0 Å². The summed E-state index contributed by atoms with van der Waals surface area (Å²) in [6.45, 7) is 2.21. The maximum atomic E-state index is 12.0. The molecule has 1 heterocycles. The molecule has 120 valence electrons. The Hall–Kier alpha value is -2.04.